The minimum Gasteiger partial charge on any atom is -0.324 e. The predicted molar refractivity (Wildman–Crippen MR) is 110 cm³/mol. The van der Waals surface area contributed by atoms with Gasteiger partial charge in [0.15, 0.2) is 0 Å². The second-order valence-corrected chi connectivity index (χ2v) is 9.10. The number of benzene rings is 2. The zero-order chi connectivity index (χ0) is 19.9. The standard InChI is InChI=1S/C20H24N4O3S/c1-15-6-8-16(9-7-15)22-19(25)23-12-10-20(11-13-23)14-24(28(21,26)27)18-5-3-2-4-17(18)20/h2-9H,10-14H2,1H3,(H,22,25)(H2,21,26,27). The summed E-state index contributed by atoms with van der Waals surface area (Å²) in [6.07, 6.45) is 1.38. The van der Waals surface area contributed by atoms with Crippen LogP contribution < -0.4 is 14.8 Å². The van der Waals surface area contributed by atoms with E-state index in [1.54, 1.807) is 11.0 Å². The predicted octanol–water partition coefficient (Wildman–Crippen LogP) is 2.58. The molecule has 3 N–H and O–H groups in total. The molecule has 8 heteroatoms. The van der Waals surface area contributed by atoms with E-state index in [2.05, 4.69) is 5.32 Å². The number of nitrogens with two attached hydrogens (primary N) is 1. The van der Waals surface area contributed by atoms with Crippen LogP contribution in [0.25, 0.3) is 0 Å². The fraction of sp³-hybridized carbons (Fsp3) is 0.350. The van der Waals surface area contributed by atoms with E-state index in [9.17, 15) is 13.2 Å². The molecule has 1 saturated heterocycles. The van der Waals surface area contributed by atoms with Gasteiger partial charge in [0.25, 0.3) is 10.2 Å². The zero-order valence-electron chi connectivity index (χ0n) is 15.8. The number of piperidine rings is 1. The van der Waals surface area contributed by atoms with Crippen LogP contribution in [0.4, 0.5) is 16.2 Å². The van der Waals surface area contributed by atoms with Gasteiger partial charge in [-0.05, 0) is 43.5 Å². The first kappa shape index (κ1) is 18.8. The highest BCUT2D eigenvalue weighted by Gasteiger charge is 2.47. The molecule has 2 heterocycles. The Morgan fingerprint density at radius 3 is 2.36 bits per heavy atom. The molecule has 2 aliphatic rings. The van der Waals surface area contributed by atoms with Crippen molar-refractivity contribution in [3.8, 4) is 0 Å². The van der Waals surface area contributed by atoms with Crippen LogP contribution in [0.2, 0.25) is 0 Å². The monoisotopic (exact) mass is 400 g/mol. The van der Waals surface area contributed by atoms with Crippen molar-refractivity contribution in [2.75, 3.05) is 29.3 Å². The summed E-state index contributed by atoms with van der Waals surface area (Å²) in [4.78, 5) is 14.4. The van der Waals surface area contributed by atoms with E-state index in [4.69, 9.17) is 5.14 Å². The van der Waals surface area contributed by atoms with Crippen LogP contribution in [0.1, 0.15) is 24.0 Å². The molecule has 0 aromatic heterocycles. The summed E-state index contributed by atoms with van der Waals surface area (Å²) in [5.41, 5.74) is 3.26. The highest BCUT2D eigenvalue weighted by atomic mass is 32.2. The molecule has 0 atom stereocenters. The van der Waals surface area contributed by atoms with Crippen molar-refractivity contribution in [2.24, 2.45) is 5.14 Å². The van der Waals surface area contributed by atoms with Gasteiger partial charge in [0, 0.05) is 30.7 Å². The van der Waals surface area contributed by atoms with Gasteiger partial charge < -0.3 is 10.2 Å². The van der Waals surface area contributed by atoms with Crippen molar-refractivity contribution in [3.05, 3.63) is 59.7 Å². The Labute approximate surface area is 165 Å². The second kappa shape index (κ2) is 6.79. The minimum absolute atomic E-state index is 0.131. The Balaban J connectivity index is 1.49. The van der Waals surface area contributed by atoms with E-state index < -0.39 is 10.2 Å². The smallest absolute Gasteiger partial charge is 0.321 e. The molecule has 0 radical (unpaired) electrons. The molecule has 1 spiro atoms. The van der Waals surface area contributed by atoms with Crippen LogP contribution in [0.3, 0.4) is 0 Å². The summed E-state index contributed by atoms with van der Waals surface area (Å²) >= 11 is 0. The van der Waals surface area contributed by atoms with E-state index in [0.29, 0.717) is 38.2 Å². The highest BCUT2D eigenvalue weighted by Crippen LogP contribution is 2.47. The number of urea groups is 1. The molecule has 1 fully saturated rings. The number of para-hydroxylation sites is 1. The SMILES string of the molecule is Cc1ccc(NC(=O)N2CCC3(CC2)CN(S(N)(=O)=O)c2ccccc23)cc1. The van der Waals surface area contributed by atoms with E-state index in [-0.39, 0.29) is 11.4 Å². The van der Waals surface area contributed by atoms with Crippen LogP contribution in [-0.2, 0) is 15.6 Å². The lowest BCUT2D eigenvalue weighted by Crippen LogP contribution is -2.49. The molecule has 0 aliphatic carbocycles. The maximum Gasteiger partial charge on any atom is 0.321 e. The number of hydrogen-bond acceptors (Lipinski definition) is 3. The maximum atomic E-state index is 12.6. The number of nitrogens with one attached hydrogen (secondary N) is 1. The molecular weight excluding hydrogens is 376 g/mol. The molecule has 2 aromatic carbocycles. The molecule has 2 aromatic rings. The molecule has 0 unspecified atom stereocenters. The number of carbonyl (C=O) groups is 1. The van der Waals surface area contributed by atoms with Gasteiger partial charge in [-0.15, -0.1) is 0 Å². The van der Waals surface area contributed by atoms with Gasteiger partial charge in [0.05, 0.1) is 5.69 Å². The minimum atomic E-state index is -3.82. The molecule has 148 valence electrons. The fourth-order valence-electron chi connectivity index (χ4n) is 4.22. The Morgan fingerprint density at radius 1 is 1.07 bits per heavy atom. The highest BCUT2D eigenvalue weighted by molar-refractivity contribution is 7.90. The van der Waals surface area contributed by atoms with Crippen molar-refractivity contribution in [2.45, 2.75) is 25.2 Å². The Bertz CT molecular complexity index is 996. The lowest BCUT2D eigenvalue weighted by molar-refractivity contribution is 0.173. The topological polar surface area (TPSA) is 95.7 Å². The number of amides is 2. The van der Waals surface area contributed by atoms with Crippen molar-refractivity contribution in [3.63, 3.8) is 0 Å². The van der Waals surface area contributed by atoms with Gasteiger partial charge in [0.1, 0.15) is 0 Å². The van der Waals surface area contributed by atoms with E-state index >= 15 is 0 Å². The summed E-state index contributed by atoms with van der Waals surface area (Å²) in [6.45, 7) is 3.45. The molecule has 0 saturated carbocycles. The third-order valence-electron chi connectivity index (χ3n) is 5.81. The average Bonchev–Trinajstić information content (AvgIpc) is 2.99. The van der Waals surface area contributed by atoms with E-state index in [1.165, 1.54) is 4.31 Å². The number of likely N-dealkylation sites (tertiary alicyclic amines) is 1. The molecule has 7 nitrogen and oxygen atoms in total. The fourth-order valence-corrected chi connectivity index (χ4v) is 5.08. The van der Waals surface area contributed by atoms with Gasteiger partial charge in [-0.1, -0.05) is 35.9 Å². The van der Waals surface area contributed by atoms with Gasteiger partial charge >= 0.3 is 6.03 Å². The normalized spacial score (nSPS) is 18.2. The van der Waals surface area contributed by atoms with Gasteiger partial charge in [-0.2, -0.15) is 8.42 Å². The van der Waals surface area contributed by atoms with Gasteiger partial charge in [0.2, 0.25) is 0 Å². The van der Waals surface area contributed by atoms with Gasteiger partial charge in [-0.3, -0.25) is 4.31 Å². The zero-order valence-corrected chi connectivity index (χ0v) is 16.6. The quantitative estimate of drug-likeness (QED) is 0.811. The molecule has 4 rings (SSSR count). The largest absolute Gasteiger partial charge is 0.324 e. The number of anilines is 2. The van der Waals surface area contributed by atoms with Crippen LogP contribution in [0.5, 0.6) is 0 Å². The Morgan fingerprint density at radius 2 is 1.71 bits per heavy atom. The average molecular weight is 401 g/mol. The first-order chi connectivity index (χ1) is 13.3. The number of carbonyl (C=O) groups excluding carboxylic acids is 1. The van der Waals surface area contributed by atoms with Gasteiger partial charge in [-0.25, -0.2) is 9.93 Å². The maximum absolute atomic E-state index is 12.6. The summed E-state index contributed by atoms with van der Waals surface area (Å²) in [6, 6.07) is 15.1. The molecule has 2 aliphatic heterocycles. The van der Waals surface area contributed by atoms with E-state index in [1.807, 2.05) is 49.4 Å². The summed E-state index contributed by atoms with van der Waals surface area (Å²) < 4.78 is 25.4. The molecule has 28 heavy (non-hydrogen) atoms. The first-order valence-corrected chi connectivity index (χ1v) is 10.8. The first-order valence-electron chi connectivity index (χ1n) is 9.31. The summed E-state index contributed by atoms with van der Waals surface area (Å²) in [7, 11) is -3.82. The summed E-state index contributed by atoms with van der Waals surface area (Å²) in [5, 5.41) is 8.37. The van der Waals surface area contributed by atoms with Crippen molar-refractivity contribution >= 4 is 27.6 Å². The molecular formula is C20H24N4O3S. The number of nitrogens with zero attached hydrogens (tertiary/aromatic N) is 2. The lowest BCUT2D eigenvalue weighted by Gasteiger charge is -2.39. The van der Waals surface area contributed by atoms with Crippen LogP contribution >= 0.6 is 0 Å². The molecule has 2 amide bonds. The summed E-state index contributed by atoms with van der Waals surface area (Å²) in [5.74, 6) is 0. The van der Waals surface area contributed by atoms with Crippen molar-refractivity contribution < 1.29 is 13.2 Å². The van der Waals surface area contributed by atoms with Crippen molar-refractivity contribution in [1.82, 2.24) is 4.90 Å². The third-order valence-corrected chi connectivity index (χ3v) is 6.75. The van der Waals surface area contributed by atoms with Crippen LogP contribution in [-0.4, -0.2) is 39.0 Å². The van der Waals surface area contributed by atoms with Crippen LogP contribution in [0, 0.1) is 6.92 Å². The Hall–Kier alpha value is -2.58. The third kappa shape index (κ3) is 3.33. The lowest BCUT2D eigenvalue weighted by atomic mass is 9.74. The number of rotatable bonds is 2. The second-order valence-electron chi connectivity index (χ2n) is 7.63. The number of aryl methyl sites for hydroxylation is 1. The number of hydrogen-bond donors (Lipinski definition) is 2. The molecule has 0 bridgehead atoms. The van der Waals surface area contributed by atoms with Crippen LogP contribution in [0.15, 0.2) is 48.5 Å². The Kier molecular flexibility index (Phi) is 4.55. The van der Waals surface area contributed by atoms with Crippen molar-refractivity contribution in [1.29, 1.82) is 0 Å². The number of fused-ring (bicyclic) bond motifs is 2. The van der Waals surface area contributed by atoms with E-state index in [0.717, 1.165) is 16.8 Å².